The Morgan fingerprint density at radius 2 is 2.00 bits per heavy atom. The van der Waals surface area contributed by atoms with Crippen molar-refractivity contribution in [1.29, 1.82) is 0 Å². The van der Waals surface area contributed by atoms with Crippen molar-refractivity contribution in [2.45, 2.75) is 0 Å². The molecule has 1 aromatic carbocycles. The summed E-state index contributed by atoms with van der Waals surface area (Å²) in [5.41, 5.74) is 6.62. The minimum Gasteiger partial charge on any atom is -0.383 e. The molecule has 12 heavy (non-hydrogen) atoms. The predicted octanol–water partition coefficient (Wildman–Crippen LogP) is 2.42. The van der Waals surface area contributed by atoms with Crippen LogP contribution < -0.4 is 5.73 Å². The van der Waals surface area contributed by atoms with Crippen molar-refractivity contribution in [2.75, 3.05) is 5.73 Å². The molecule has 0 aliphatic rings. The third-order valence-electron chi connectivity index (χ3n) is 1.70. The van der Waals surface area contributed by atoms with Gasteiger partial charge in [-0.2, -0.15) is 0 Å². The van der Waals surface area contributed by atoms with Crippen LogP contribution in [0.2, 0.25) is 0 Å². The fourth-order valence-corrected chi connectivity index (χ4v) is 1.56. The molecule has 0 atom stereocenters. The summed E-state index contributed by atoms with van der Waals surface area (Å²) in [4.78, 5) is 4.25. The molecule has 2 N–H and O–H groups in total. The molecule has 0 amide bonds. The molecule has 0 saturated heterocycles. The van der Waals surface area contributed by atoms with Crippen molar-refractivity contribution in [3.05, 3.63) is 33.9 Å². The van der Waals surface area contributed by atoms with Gasteiger partial charge in [0, 0.05) is 5.39 Å². The molecule has 3 heteroatoms. The smallest absolute Gasteiger partial charge is 0.137 e. The van der Waals surface area contributed by atoms with E-state index in [1.165, 1.54) is 0 Å². The molecule has 1 heterocycles. The van der Waals surface area contributed by atoms with Crippen molar-refractivity contribution in [3.8, 4) is 0 Å². The third kappa shape index (κ3) is 1.24. The fraction of sp³-hybridized carbons (Fsp3) is 0. The quantitative estimate of drug-likeness (QED) is 0.747. The maximum atomic E-state index is 5.67. The number of nitrogens with zero attached hydrogens (tertiary/aromatic N) is 1. The first-order valence-electron chi connectivity index (χ1n) is 3.58. The molecule has 2 aromatic rings. The number of benzene rings is 1. The topological polar surface area (TPSA) is 38.9 Å². The van der Waals surface area contributed by atoms with Gasteiger partial charge in [-0.25, -0.2) is 4.98 Å². The van der Waals surface area contributed by atoms with Gasteiger partial charge in [0.25, 0.3) is 0 Å². The number of rotatable bonds is 0. The molecule has 60 valence electrons. The lowest BCUT2D eigenvalue weighted by atomic mass is 10.2. The first-order chi connectivity index (χ1) is 5.77. The van der Waals surface area contributed by atoms with Crippen LogP contribution in [-0.4, -0.2) is 4.98 Å². The molecule has 1 aromatic heterocycles. The van der Waals surface area contributed by atoms with Crippen molar-refractivity contribution in [1.82, 2.24) is 4.98 Å². The molecule has 2 nitrogen and oxygen atoms in total. The van der Waals surface area contributed by atoms with Crippen LogP contribution >= 0.6 is 22.6 Å². The Bertz CT molecular complexity index is 385. The van der Waals surface area contributed by atoms with E-state index < -0.39 is 0 Å². The molecule has 0 fully saturated rings. The van der Waals surface area contributed by atoms with E-state index in [0.29, 0.717) is 5.82 Å². The van der Waals surface area contributed by atoms with E-state index in [2.05, 4.69) is 27.6 Å². The predicted molar refractivity (Wildman–Crippen MR) is 58.9 cm³/mol. The van der Waals surface area contributed by atoms with Crippen LogP contribution in [0.3, 0.4) is 0 Å². The fourth-order valence-electron chi connectivity index (χ4n) is 1.11. The Hall–Kier alpha value is -0.840. The van der Waals surface area contributed by atoms with Gasteiger partial charge in [0.15, 0.2) is 0 Å². The summed E-state index contributed by atoms with van der Waals surface area (Å²) < 4.78 is 1.01. The minimum atomic E-state index is 0.606. The number of nitrogen functional groups attached to an aromatic ring is 1. The van der Waals surface area contributed by atoms with Gasteiger partial charge >= 0.3 is 0 Å². The van der Waals surface area contributed by atoms with E-state index >= 15 is 0 Å². The lowest BCUT2D eigenvalue weighted by Crippen LogP contribution is -1.93. The Labute approximate surface area is 83.9 Å². The maximum Gasteiger partial charge on any atom is 0.137 e. The standard InChI is InChI=1S/C9H7IN2/c10-7-5-6-3-1-2-4-8(6)12-9(7)11/h1-5H,(H2,11,12). The molecule has 0 unspecified atom stereocenters. The van der Waals surface area contributed by atoms with Gasteiger partial charge in [-0.15, -0.1) is 0 Å². The van der Waals surface area contributed by atoms with Crippen LogP contribution in [-0.2, 0) is 0 Å². The van der Waals surface area contributed by atoms with Crippen molar-refractivity contribution >= 4 is 39.3 Å². The lowest BCUT2D eigenvalue weighted by Gasteiger charge is -2.00. The van der Waals surface area contributed by atoms with Crippen molar-refractivity contribution in [3.63, 3.8) is 0 Å². The highest BCUT2D eigenvalue weighted by Gasteiger charge is 1.98. The Morgan fingerprint density at radius 3 is 2.83 bits per heavy atom. The Kier molecular flexibility index (Phi) is 1.88. The van der Waals surface area contributed by atoms with Gasteiger partial charge in [0.2, 0.25) is 0 Å². The van der Waals surface area contributed by atoms with Gasteiger partial charge in [-0.1, -0.05) is 18.2 Å². The third-order valence-corrected chi connectivity index (χ3v) is 2.57. The highest BCUT2D eigenvalue weighted by molar-refractivity contribution is 14.1. The number of pyridine rings is 1. The average Bonchev–Trinajstić information content (AvgIpc) is 2.07. The number of hydrogen-bond donors (Lipinski definition) is 1. The molecule has 0 bridgehead atoms. The van der Waals surface area contributed by atoms with Gasteiger partial charge < -0.3 is 5.73 Å². The second-order valence-electron chi connectivity index (χ2n) is 2.55. The SMILES string of the molecule is Nc1nc2ccccc2cc1I. The zero-order chi connectivity index (χ0) is 8.55. The molecule has 0 spiro atoms. The summed E-state index contributed by atoms with van der Waals surface area (Å²) in [5.74, 6) is 0.606. The van der Waals surface area contributed by atoms with Crippen LogP contribution in [0.25, 0.3) is 10.9 Å². The number of hydrogen-bond acceptors (Lipinski definition) is 2. The summed E-state index contributed by atoms with van der Waals surface area (Å²) in [5, 5.41) is 1.14. The first-order valence-corrected chi connectivity index (χ1v) is 4.66. The van der Waals surface area contributed by atoms with E-state index in [-0.39, 0.29) is 0 Å². The summed E-state index contributed by atoms with van der Waals surface area (Å²) >= 11 is 2.18. The molecule has 2 rings (SSSR count). The molecular formula is C9H7IN2. The van der Waals surface area contributed by atoms with Crippen LogP contribution in [0.1, 0.15) is 0 Å². The minimum absolute atomic E-state index is 0.606. The number of nitrogens with two attached hydrogens (primary N) is 1. The first kappa shape index (κ1) is 7.79. The number of aromatic nitrogens is 1. The zero-order valence-electron chi connectivity index (χ0n) is 6.29. The lowest BCUT2D eigenvalue weighted by molar-refractivity contribution is 1.39. The van der Waals surface area contributed by atoms with Gasteiger partial charge in [0.05, 0.1) is 9.09 Å². The molecule has 0 aliphatic heterocycles. The number of anilines is 1. The van der Waals surface area contributed by atoms with Crippen LogP contribution in [0.4, 0.5) is 5.82 Å². The second-order valence-corrected chi connectivity index (χ2v) is 3.71. The van der Waals surface area contributed by atoms with Crippen LogP contribution in [0.15, 0.2) is 30.3 Å². The normalized spacial score (nSPS) is 10.4. The van der Waals surface area contributed by atoms with E-state index in [1.807, 2.05) is 30.3 Å². The summed E-state index contributed by atoms with van der Waals surface area (Å²) in [6, 6.07) is 9.99. The monoisotopic (exact) mass is 270 g/mol. The van der Waals surface area contributed by atoms with Gasteiger partial charge in [-0.3, -0.25) is 0 Å². The van der Waals surface area contributed by atoms with E-state index in [1.54, 1.807) is 0 Å². The number of halogens is 1. The van der Waals surface area contributed by atoms with E-state index in [4.69, 9.17) is 5.73 Å². The maximum absolute atomic E-state index is 5.67. The Balaban J connectivity index is 2.84. The summed E-state index contributed by atoms with van der Waals surface area (Å²) in [6.07, 6.45) is 0. The van der Waals surface area contributed by atoms with Crippen molar-refractivity contribution in [2.24, 2.45) is 0 Å². The highest BCUT2D eigenvalue weighted by atomic mass is 127. The molecular weight excluding hydrogens is 263 g/mol. The van der Waals surface area contributed by atoms with Crippen LogP contribution in [0, 0.1) is 3.57 Å². The number of para-hydroxylation sites is 1. The largest absolute Gasteiger partial charge is 0.383 e. The molecule has 0 aliphatic carbocycles. The number of fused-ring (bicyclic) bond motifs is 1. The summed E-state index contributed by atoms with van der Waals surface area (Å²) in [6.45, 7) is 0. The van der Waals surface area contributed by atoms with E-state index in [0.717, 1.165) is 14.5 Å². The van der Waals surface area contributed by atoms with E-state index in [9.17, 15) is 0 Å². The summed E-state index contributed by atoms with van der Waals surface area (Å²) in [7, 11) is 0. The highest BCUT2D eigenvalue weighted by Crippen LogP contribution is 2.19. The zero-order valence-corrected chi connectivity index (χ0v) is 8.45. The van der Waals surface area contributed by atoms with Crippen molar-refractivity contribution < 1.29 is 0 Å². The van der Waals surface area contributed by atoms with Crippen LogP contribution in [0.5, 0.6) is 0 Å². The molecule has 0 radical (unpaired) electrons. The van der Waals surface area contributed by atoms with Gasteiger partial charge in [0.1, 0.15) is 5.82 Å². The second kappa shape index (κ2) is 2.90. The molecule has 0 saturated carbocycles. The average molecular weight is 270 g/mol. The van der Waals surface area contributed by atoms with Gasteiger partial charge in [-0.05, 0) is 34.7 Å². The Morgan fingerprint density at radius 1 is 1.25 bits per heavy atom.